The number of carbonyl (C=O) groups is 1. The van der Waals surface area contributed by atoms with Crippen LogP contribution in [0.5, 0.6) is 0 Å². The number of likely N-dealkylation sites (tertiary alicyclic amines) is 1. The third-order valence-corrected chi connectivity index (χ3v) is 5.54. The monoisotopic (exact) mass is 249 g/mol. The fourth-order valence-corrected chi connectivity index (χ4v) is 4.85. The largest absolute Gasteiger partial charge is 0.342 e. The van der Waals surface area contributed by atoms with Crippen LogP contribution < -0.4 is 0 Å². The Kier molecular flexibility index (Phi) is 3.38. The first-order valence-electron chi connectivity index (χ1n) is 7.89. The summed E-state index contributed by atoms with van der Waals surface area (Å²) in [6.45, 7) is 6.58. The van der Waals surface area contributed by atoms with Gasteiger partial charge >= 0.3 is 0 Å². The van der Waals surface area contributed by atoms with E-state index in [0.29, 0.717) is 17.7 Å². The molecule has 2 saturated carbocycles. The summed E-state index contributed by atoms with van der Waals surface area (Å²) in [4.78, 5) is 14.6. The van der Waals surface area contributed by atoms with Gasteiger partial charge in [-0.3, -0.25) is 4.79 Å². The van der Waals surface area contributed by atoms with E-state index in [4.69, 9.17) is 0 Å². The molecule has 2 bridgehead atoms. The SMILES string of the molecule is CC1CC(C)CN(C(=O)CC2CC3CCC2C3)C1. The molecule has 1 heterocycles. The van der Waals surface area contributed by atoms with Crippen molar-refractivity contribution in [3.8, 4) is 0 Å². The van der Waals surface area contributed by atoms with Crippen molar-refractivity contribution in [2.24, 2.45) is 29.6 Å². The third-order valence-electron chi connectivity index (χ3n) is 5.54. The lowest BCUT2D eigenvalue weighted by Gasteiger charge is -2.36. The second-order valence-electron chi connectivity index (χ2n) is 7.38. The van der Waals surface area contributed by atoms with Crippen molar-refractivity contribution in [3.05, 3.63) is 0 Å². The number of piperidine rings is 1. The Morgan fingerprint density at radius 2 is 1.78 bits per heavy atom. The van der Waals surface area contributed by atoms with Crippen LogP contribution in [0.2, 0.25) is 0 Å². The maximum absolute atomic E-state index is 12.4. The Labute approximate surface area is 111 Å². The molecule has 3 rings (SSSR count). The van der Waals surface area contributed by atoms with Crippen LogP contribution in [-0.4, -0.2) is 23.9 Å². The van der Waals surface area contributed by atoms with Crippen molar-refractivity contribution < 1.29 is 4.79 Å². The van der Waals surface area contributed by atoms with Crippen LogP contribution in [0.15, 0.2) is 0 Å². The predicted octanol–water partition coefficient (Wildman–Crippen LogP) is 3.32. The molecule has 1 amide bonds. The summed E-state index contributed by atoms with van der Waals surface area (Å²) in [7, 11) is 0. The predicted molar refractivity (Wildman–Crippen MR) is 73.1 cm³/mol. The van der Waals surface area contributed by atoms with Gasteiger partial charge in [-0.05, 0) is 55.3 Å². The molecular formula is C16H27NO. The molecule has 5 atom stereocenters. The van der Waals surface area contributed by atoms with Gasteiger partial charge in [0.05, 0.1) is 0 Å². The second kappa shape index (κ2) is 4.86. The second-order valence-corrected chi connectivity index (χ2v) is 7.38. The topological polar surface area (TPSA) is 20.3 Å². The van der Waals surface area contributed by atoms with E-state index in [2.05, 4.69) is 18.7 Å². The molecule has 0 radical (unpaired) electrons. The van der Waals surface area contributed by atoms with Gasteiger partial charge in [-0.15, -0.1) is 0 Å². The fraction of sp³-hybridized carbons (Fsp3) is 0.938. The number of nitrogens with zero attached hydrogens (tertiary/aromatic N) is 1. The molecule has 1 aliphatic heterocycles. The summed E-state index contributed by atoms with van der Waals surface area (Å²) in [5.74, 6) is 4.41. The average Bonchev–Trinajstić information content (AvgIpc) is 2.89. The van der Waals surface area contributed by atoms with Gasteiger partial charge in [-0.1, -0.05) is 20.3 Å². The molecule has 0 spiro atoms. The Morgan fingerprint density at radius 1 is 1.06 bits per heavy atom. The van der Waals surface area contributed by atoms with Gasteiger partial charge in [0.15, 0.2) is 0 Å². The maximum atomic E-state index is 12.4. The van der Waals surface area contributed by atoms with E-state index < -0.39 is 0 Å². The van der Waals surface area contributed by atoms with E-state index >= 15 is 0 Å². The molecule has 18 heavy (non-hydrogen) atoms. The smallest absolute Gasteiger partial charge is 0.222 e. The summed E-state index contributed by atoms with van der Waals surface area (Å²) < 4.78 is 0. The lowest BCUT2D eigenvalue weighted by atomic mass is 9.85. The number of rotatable bonds is 2. The van der Waals surface area contributed by atoms with Crippen molar-refractivity contribution in [2.45, 2.75) is 52.4 Å². The zero-order valence-electron chi connectivity index (χ0n) is 11.9. The molecule has 1 saturated heterocycles. The van der Waals surface area contributed by atoms with Crippen molar-refractivity contribution in [3.63, 3.8) is 0 Å². The summed E-state index contributed by atoms with van der Waals surface area (Å²) in [5.41, 5.74) is 0. The number of hydrogen-bond donors (Lipinski definition) is 0. The molecule has 102 valence electrons. The third kappa shape index (κ3) is 2.44. The average molecular weight is 249 g/mol. The summed E-state index contributed by atoms with van der Waals surface area (Å²) >= 11 is 0. The van der Waals surface area contributed by atoms with Crippen LogP contribution in [0, 0.1) is 29.6 Å². The molecule has 0 aromatic rings. The first-order valence-corrected chi connectivity index (χ1v) is 7.89. The molecule has 0 N–H and O–H groups in total. The highest BCUT2D eigenvalue weighted by Gasteiger charge is 2.41. The van der Waals surface area contributed by atoms with Gasteiger partial charge in [-0.2, -0.15) is 0 Å². The number of hydrogen-bond acceptors (Lipinski definition) is 1. The molecular weight excluding hydrogens is 222 g/mol. The van der Waals surface area contributed by atoms with E-state index in [1.807, 2.05) is 0 Å². The van der Waals surface area contributed by atoms with E-state index in [-0.39, 0.29) is 0 Å². The van der Waals surface area contributed by atoms with Gasteiger partial charge in [0.25, 0.3) is 0 Å². The highest BCUT2D eigenvalue weighted by Crippen LogP contribution is 2.49. The van der Waals surface area contributed by atoms with Crippen molar-refractivity contribution in [1.82, 2.24) is 4.90 Å². The lowest BCUT2D eigenvalue weighted by Crippen LogP contribution is -2.43. The van der Waals surface area contributed by atoms with Crippen molar-refractivity contribution >= 4 is 5.91 Å². The molecule has 0 aromatic carbocycles. The van der Waals surface area contributed by atoms with Gasteiger partial charge in [0, 0.05) is 19.5 Å². The molecule has 5 unspecified atom stereocenters. The highest BCUT2D eigenvalue weighted by atomic mass is 16.2. The molecule has 2 heteroatoms. The Morgan fingerprint density at radius 3 is 2.33 bits per heavy atom. The number of carbonyl (C=O) groups excluding carboxylic acids is 1. The highest BCUT2D eigenvalue weighted by molar-refractivity contribution is 5.76. The normalized spacial score (nSPS) is 43.4. The standard InChI is InChI=1S/C16H27NO/c1-11-5-12(2)10-17(9-11)16(18)8-15-7-13-3-4-14(15)6-13/h11-15H,3-10H2,1-2H3. The van der Waals surface area contributed by atoms with E-state index in [1.165, 1.54) is 32.1 Å². The van der Waals surface area contributed by atoms with Gasteiger partial charge < -0.3 is 4.90 Å². The molecule has 2 aliphatic carbocycles. The van der Waals surface area contributed by atoms with Crippen LogP contribution >= 0.6 is 0 Å². The van der Waals surface area contributed by atoms with Crippen LogP contribution in [0.1, 0.15) is 52.4 Å². The Bertz CT molecular complexity index is 317. The van der Waals surface area contributed by atoms with E-state index in [0.717, 1.165) is 37.3 Å². The first-order chi connectivity index (χ1) is 8.61. The zero-order valence-corrected chi connectivity index (χ0v) is 11.9. The van der Waals surface area contributed by atoms with E-state index in [9.17, 15) is 4.79 Å². The van der Waals surface area contributed by atoms with Crippen LogP contribution in [0.4, 0.5) is 0 Å². The first kappa shape index (κ1) is 12.5. The minimum Gasteiger partial charge on any atom is -0.342 e. The van der Waals surface area contributed by atoms with Gasteiger partial charge in [-0.25, -0.2) is 0 Å². The van der Waals surface area contributed by atoms with E-state index in [1.54, 1.807) is 0 Å². The minimum absolute atomic E-state index is 0.450. The summed E-state index contributed by atoms with van der Waals surface area (Å²) in [6.07, 6.45) is 7.74. The minimum atomic E-state index is 0.450. The van der Waals surface area contributed by atoms with Crippen molar-refractivity contribution in [2.75, 3.05) is 13.1 Å². The van der Waals surface area contributed by atoms with Gasteiger partial charge in [0.1, 0.15) is 0 Å². The fourth-order valence-electron chi connectivity index (χ4n) is 4.85. The van der Waals surface area contributed by atoms with Crippen LogP contribution in [0.25, 0.3) is 0 Å². The summed E-state index contributed by atoms with van der Waals surface area (Å²) in [6, 6.07) is 0. The number of amides is 1. The Balaban J connectivity index is 1.55. The Hall–Kier alpha value is -0.530. The van der Waals surface area contributed by atoms with Crippen LogP contribution in [-0.2, 0) is 4.79 Å². The maximum Gasteiger partial charge on any atom is 0.222 e. The number of fused-ring (bicyclic) bond motifs is 2. The molecule has 3 aliphatic rings. The molecule has 0 aromatic heterocycles. The van der Waals surface area contributed by atoms with Crippen molar-refractivity contribution in [1.29, 1.82) is 0 Å². The van der Waals surface area contributed by atoms with Gasteiger partial charge in [0.2, 0.25) is 5.91 Å². The summed E-state index contributed by atoms with van der Waals surface area (Å²) in [5, 5.41) is 0. The quantitative estimate of drug-likeness (QED) is 0.735. The zero-order chi connectivity index (χ0) is 12.7. The molecule has 2 nitrogen and oxygen atoms in total. The van der Waals surface area contributed by atoms with Crippen LogP contribution in [0.3, 0.4) is 0 Å². The lowest BCUT2D eigenvalue weighted by molar-refractivity contribution is -0.135. The molecule has 3 fully saturated rings.